The number of rotatable bonds is 5. The Balaban J connectivity index is 2.16. The van der Waals surface area contributed by atoms with Crippen LogP contribution in [-0.2, 0) is 16.0 Å². The standard InChI is InChI=1S/C17H24FNO2/c1-17(16(20)21-2,19-14-9-4-3-5-10-14)12-13-8-6-7-11-15(13)18/h6-8,11,14,19H,3-5,9-10,12H2,1-2H3. The first-order valence-corrected chi connectivity index (χ1v) is 7.65. The largest absolute Gasteiger partial charge is 0.468 e. The number of hydrogen-bond acceptors (Lipinski definition) is 3. The normalized spacial score (nSPS) is 19.0. The maximum Gasteiger partial charge on any atom is 0.326 e. The maximum atomic E-state index is 13.9. The molecule has 1 aromatic rings. The van der Waals surface area contributed by atoms with Crippen LogP contribution in [0.4, 0.5) is 4.39 Å². The van der Waals surface area contributed by atoms with Crippen LogP contribution < -0.4 is 5.32 Å². The number of nitrogens with one attached hydrogen (secondary N) is 1. The van der Waals surface area contributed by atoms with Crippen LogP contribution in [0, 0.1) is 5.82 Å². The van der Waals surface area contributed by atoms with Crippen LogP contribution in [0.2, 0.25) is 0 Å². The summed E-state index contributed by atoms with van der Waals surface area (Å²) in [5.41, 5.74) is -0.354. The monoisotopic (exact) mass is 293 g/mol. The van der Waals surface area contributed by atoms with Crippen LogP contribution in [0.3, 0.4) is 0 Å². The molecule has 1 fully saturated rings. The molecule has 0 heterocycles. The van der Waals surface area contributed by atoms with Gasteiger partial charge in [-0.05, 0) is 31.4 Å². The molecule has 0 amide bonds. The van der Waals surface area contributed by atoms with Crippen LogP contribution in [0.1, 0.15) is 44.6 Å². The molecule has 1 aliphatic carbocycles. The van der Waals surface area contributed by atoms with Crippen molar-refractivity contribution < 1.29 is 13.9 Å². The van der Waals surface area contributed by atoms with E-state index in [0.717, 1.165) is 12.8 Å². The summed E-state index contributed by atoms with van der Waals surface area (Å²) in [5, 5.41) is 3.42. The first kappa shape index (κ1) is 16.0. The van der Waals surface area contributed by atoms with Gasteiger partial charge in [0.25, 0.3) is 0 Å². The number of carbonyl (C=O) groups is 1. The highest BCUT2D eigenvalue weighted by Gasteiger charge is 2.37. The van der Waals surface area contributed by atoms with E-state index in [-0.39, 0.29) is 11.8 Å². The number of ether oxygens (including phenoxy) is 1. The Morgan fingerprint density at radius 2 is 2.00 bits per heavy atom. The molecule has 1 N–H and O–H groups in total. The summed E-state index contributed by atoms with van der Waals surface area (Å²) in [7, 11) is 1.38. The molecular formula is C17H24FNO2. The van der Waals surface area contributed by atoms with Crippen molar-refractivity contribution in [2.24, 2.45) is 0 Å². The van der Waals surface area contributed by atoms with E-state index in [2.05, 4.69) is 5.32 Å². The van der Waals surface area contributed by atoms with Crippen LogP contribution >= 0.6 is 0 Å². The molecule has 4 heteroatoms. The zero-order chi connectivity index (χ0) is 15.3. The topological polar surface area (TPSA) is 38.3 Å². The van der Waals surface area contributed by atoms with Gasteiger partial charge in [0, 0.05) is 12.5 Å². The Hall–Kier alpha value is -1.42. The van der Waals surface area contributed by atoms with Gasteiger partial charge in [0.05, 0.1) is 7.11 Å². The third-order valence-electron chi connectivity index (χ3n) is 4.27. The molecule has 0 aliphatic heterocycles. The minimum Gasteiger partial charge on any atom is -0.468 e. The summed E-state index contributed by atoms with van der Waals surface area (Å²) in [6, 6.07) is 6.89. The summed E-state index contributed by atoms with van der Waals surface area (Å²) in [6.07, 6.45) is 6.01. The van der Waals surface area contributed by atoms with E-state index < -0.39 is 5.54 Å². The highest BCUT2D eigenvalue weighted by molar-refractivity contribution is 5.80. The lowest BCUT2D eigenvalue weighted by atomic mass is 9.88. The van der Waals surface area contributed by atoms with Crippen LogP contribution in [0.15, 0.2) is 24.3 Å². The zero-order valence-electron chi connectivity index (χ0n) is 12.8. The average Bonchev–Trinajstić information content (AvgIpc) is 2.49. The van der Waals surface area contributed by atoms with Crippen molar-refractivity contribution in [2.45, 2.75) is 57.0 Å². The Morgan fingerprint density at radius 1 is 1.33 bits per heavy atom. The van der Waals surface area contributed by atoms with Crippen molar-refractivity contribution in [1.29, 1.82) is 0 Å². The van der Waals surface area contributed by atoms with E-state index >= 15 is 0 Å². The number of carbonyl (C=O) groups excluding carboxylic acids is 1. The molecule has 0 spiro atoms. The van der Waals surface area contributed by atoms with Gasteiger partial charge in [-0.1, -0.05) is 37.5 Å². The highest BCUT2D eigenvalue weighted by Crippen LogP contribution is 2.23. The van der Waals surface area contributed by atoms with E-state index in [9.17, 15) is 9.18 Å². The predicted molar refractivity (Wildman–Crippen MR) is 80.5 cm³/mol. The minimum atomic E-state index is -0.890. The molecule has 21 heavy (non-hydrogen) atoms. The van der Waals surface area contributed by atoms with E-state index in [1.165, 1.54) is 32.4 Å². The van der Waals surface area contributed by atoms with Gasteiger partial charge in [0.1, 0.15) is 11.4 Å². The van der Waals surface area contributed by atoms with E-state index in [1.54, 1.807) is 25.1 Å². The molecule has 2 rings (SSSR count). The Bertz CT molecular complexity index is 485. The summed E-state index contributed by atoms with van der Waals surface area (Å²) in [6.45, 7) is 1.81. The third kappa shape index (κ3) is 4.03. The number of halogens is 1. The number of esters is 1. The summed E-state index contributed by atoms with van der Waals surface area (Å²) in [5.74, 6) is -0.616. The number of hydrogen-bond donors (Lipinski definition) is 1. The van der Waals surface area contributed by atoms with Gasteiger partial charge >= 0.3 is 5.97 Å². The summed E-state index contributed by atoms with van der Waals surface area (Å²) in [4.78, 5) is 12.2. The molecule has 0 radical (unpaired) electrons. The average molecular weight is 293 g/mol. The Kier molecular flexibility index (Phi) is 5.34. The van der Waals surface area contributed by atoms with Gasteiger partial charge in [0.15, 0.2) is 0 Å². The van der Waals surface area contributed by atoms with Crippen LogP contribution in [0.5, 0.6) is 0 Å². The van der Waals surface area contributed by atoms with Crippen molar-refractivity contribution in [3.63, 3.8) is 0 Å². The minimum absolute atomic E-state index is 0.280. The predicted octanol–water partition coefficient (Wildman–Crippen LogP) is 3.22. The molecule has 1 aromatic carbocycles. The van der Waals surface area contributed by atoms with Crippen LogP contribution in [0.25, 0.3) is 0 Å². The molecule has 0 saturated heterocycles. The van der Waals surface area contributed by atoms with E-state index in [1.807, 2.05) is 0 Å². The molecule has 3 nitrogen and oxygen atoms in total. The molecule has 0 aromatic heterocycles. The first-order valence-electron chi connectivity index (χ1n) is 7.65. The Morgan fingerprint density at radius 3 is 2.62 bits per heavy atom. The second kappa shape index (κ2) is 7.03. The lowest BCUT2D eigenvalue weighted by Gasteiger charge is -2.34. The summed E-state index contributed by atoms with van der Waals surface area (Å²) < 4.78 is 18.8. The molecule has 1 saturated carbocycles. The second-order valence-electron chi connectivity index (χ2n) is 6.07. The third-order valence-corrected chi connectivity index (χ3v) is 4.27. The van der Waals surface area contributed by atoms with Gasteiger partial charge < -0.3 is 4.74 Å². The number of benzene rings is 1. The quantitative estimate of drug-likeness (QED) is 0.847. The SMILES string of the molecule is COC(=O)C(C)(Cc1ccccc1F)NC1CCCCC1. The van der Waals surface area contributed by atoms with Gasteiger partial charge in [-0.15, -0.1) is 0 Å². The lowest BCUT2D eigenvalue weighted by molar-refractivity contribution is -0.148. The molecule has 116 valence electrons. The molecule has 1 aliphatic rings. The smallest absolute Gasteiger partial charge is 0.326 e. The lowest BCUT2D eigenvalue weighted by Crippen LogP contribution is -2.56. The molecule has 1 atom stereocenters. The molecular weight excluding hydrogens is 269 g/mol. The van der Waals surface area contributed by atoms with Crippen LogP contribution in [-0.4, -0.2) is 24.7 Å². The fraction of sp³-hybridized carbons (Fsp3) is 0.588. The summed E-state index contributed by atoms with van der Waals surface area (Å²) >= 11 is 0. The van der Waals surface area contributed by atoms with Crippen molar-refractivity contribution in [1.82, 2.24) is 5.32 Å². The van der Waals surface area contributed by atoms with Gasteiger partial charge in [-0.2, -0.15) is 0 Å². The second-order valence-corrected chi connectivity index (χ2v) is 6.07. The van der Waals surface area contributed by atoms with Gasteiger partial charge in [0.2, 0.25) is 0 Å². The van der Waals surface area contributed by atoms with Crippen molar-refractivity contribution in [2.75, 3.05) is 7.11 Å². The number of methoxy groups -OCH3 is 1. The van der Waals surface area contributed by atoms with Crippen molar-refractivity contribution in [3.05, 3.63) is 35.6 Å². The molecule has 1 unspecified atom stereocenters. The maximum absolute atomic E-state index is 13.9. The fourth-order valence-electron chi connectivity index (χ4n) is 3.13. The van der Waals surface area contributed by atoms with Gasteiger partial charge in [-0.3, -0.25) is 10.1 Å². The molecule has 0 bridgehead atoms. The van der Waals surface area contributed by atoms with E-state index in [0.29, 0.717) is 18.0 Å². The van der Waals surface area contributed by atoms with Gasteiger partial charge in [-0.25, -0.2) is 4.39 Å². The Labute approximate surface area is 125 Å². The van der Waals surface area contributed by atoms with E-state index in [4.69, 9.17) is 4.74 Å². The highest BCUT2D eigenvalue weighted by atomic mass is 19.1. The zero-order valence-corrected chi connectivity index (χ0v) is 12.8. The fourth-order valence-corrected chi connectivity index (χ4v) is 3.13. The first-order chi connectivity index (χ1) is 10.0. The van der Waals surface area contributed by atoms with Crippen molar-refractivity contribution >= 4 is 5.97 Å². The van der Waals surface area contributed by atoms with Crippen molar-refractivity contribution in [3.8, 4) is 0 Å².